The molecule has 0 saturated heterocycles. The van der Waals surface area contributed by atoms with Crippen molar-refractivity contribution < 1.29 is 0 Å². The van der Waals surface area contributed by atoms with Gasteiger partial charge in [-0.2, -0.15) is 5.10 Å². The summed E-state index contributed by atoms with van der Waals surface area (Å²) in [4.78, 5) is 0. The van der Waals surface area contributed by atoms with E-state index >= 15 is 0 Å². The van der Waals surface area contributed by atoms with Crippen LogP contribution < -0.4 is 11.1 Å². The first-order valence-corrected chi connectivity index (χ1v) is 4.27. The minimum absolute atomic E-state index is 0.763. The highest BCUT2D eigenvalue weighted by molar-refractivity contribution is 5.64. The van der Waals surface area contributed by atoms with Crippen LogP contribution in [0.4, 0.5) is 11.5 Å². The van der Waals surface area contributed by atoms with Crippen molar-refractivity contribution in [3.63, 3.8) is 0 Å². The Balaban J connectivity index is 3.03. The second kappa shape index (κ2) is 3.47. The molecule has 1 rings (SSSR count). The third-order valence-corrected chi connectivity index (χ3v) is 1.82. The number of hydrogen-bond donors (Lipinski definition) is 2. The SMILES string of the molecule is CCNc1c(N)c(C)nn1CC. The van der Waals surface area contributed by atoms with Crippen LogP contribution in [-0.4, -0.2) is 16.3 Å². The first kappa shape index (κ1) is 8.90. The number of aromatic nitrogens is 2. The van der Waals surface area contributed by atoms with Crippen molar-refractivity contribution in [1.29, 1.82) is 0 Å². The van der Waals surface area contributed by atoms with Gasteiger partial charge in [0, 0.05) is 13.1 Å². The second-order valence-electron chi connectivity index (χ2n) is 2.69. The van der Waals surface area contributed by atoms with Crippen LogP contribution >= 0.6 is 0 Å². The molecule has 0 bridgehead atoms. The number of nitrogen functional groups attached to an aromatic ring is 1. The maximum atomic E-state index is 5.82. The summed E-state index contributed by atoms with van der Waals surface area (Å²) in [6.07, 6.45) is 0. The summed E-state index contributed by atoms with van der Waals surface area (Å²) in [5.41, 5.74) is 7.48. The molecule has 0 aliphatic carbocycles. The van der Waals surface area contributed by atoms with Crippen molar-refractivity contribution in [2.24, 2.45) is 0 Å². The molecule has 0 fully saturated rings. The molecule has 4 heteroatoms. The van der Waals surface area contributed by atoms with Gasteiger partial charge < -0.3 is 11.1 Å². The first-order valence-electron chi connectivity index (χ1n) is 4.27. The van der Waals surface area contributed by atoms with Crippen molar-refractivity contribution in [1.82, 2.24) is 9.78 Å². The van der Waals surface area contributed by atoms with Crippen LogP contribution in [0.1, 0.15) is 19.5 Å². The minimum Gasteiger partial charge on any atom is -0.394 e. The highest BCUT2D eigenvalue weighted by Crippen LogP contribution is 2.21. The van der Waals surface area contributed by atoms with E-state index < -0.39 is 0 Å². The first-order chi connectivity index (χ1) is 5.70. The van der Waals surface area contributed by atoms with Crippen LogP contribution in [0.5, 0.6) is 0 Å². The van der Waals surface area contributed by atoms with Crippen LogP contribution in [0.3, 0.4) is 0 Å². The predicted octanol–water partition coefficient (Wildman–Crippen LogP) is 1.23. The van der Waals surface area contributed by atoms with Crippen molar-refractivity contribution in [3.8, 4) is 0 Å². The Morgan fingerprint density at radius 3 is 2.67 bits per heavy atom. The second-order valence-corrected chi connectivity index (χ2v) is 2.69. The zero-order chi connectivity index (χ0) is 9.14. The molecule has 0 saturated carbocycles. The smallest absolute Gasteiger partial charge is 0.148 e. The van der Waals surface area contributed by atoms with E-state index in [0.29, 0.717) is 0 Å². The molecule has 1 aromatic heterocycles. The van der Waals surface area contributed by atoms with Crippen molar-refractivity contribution in [3.05, 3.63) is 5.69 Å². The van der Waals surface area contributed by atoms with Gasteiger partial charge in [0.25, 0.3) is 0 Å². The van der Waals surface area contributed by atoms with Gasteiger partial charge in [-0.25, -0.2) is 4.68 Å². The minimum atomic E-state index is 0.763. The Morgan fingerprint density at radius 1 is 1.50 bits per heavy atom. The van der Waals surface area contributed by atoms with Crippen LogP contribution in [0.25, 0.3) is 0 Å². The molecule has 1 aromatic rings. The Kier molecular flexibility index (Phi) is 2.58. The monoisotopic (exact) mass is 168 g/mol. The van der Waals surface area contributed by atoms with Gasteiger partial charge in [-0.1, -0.05) is 0 Å². The van der Waals surface area contributed by atoms with E-state index in [1.807, 2.05) is 25.5 Å². The number of nitrogens with zero attached hydrogens (tertiary/aromatic N) is 2. The molecule has 1 heterocycles. The summed E-state index contributed by atoms with van der Waals surface area (Å²) < 4.78 is 1.88. The summed E-state index contributed by atoms with van der Waals surface area (Å²) in [5.74, 6) is 0.942. The number of aryl methyl sites for hydroxylation is 2. The average molecular weight is 168 g/mol. The molecule has 12 heavy (non-hydrogen) atoms. The molecule has 0 atom stereocenters. The molecule has 68 valence electrons. The predicted molar refractivity (Wildman–Crippen MR) is 51.2 cm³/mol. The average Bonchev–Trinajstić information content (AvgIpc) is 2.33. The van der Waals surface area contributed by atoms with Crippen LogP contribution in [0.15, 0.2) is 0 Å². The molecule has 0 radical (unpaired) electrons. The topological polar surface area (TPSA) is 55.9 Å². The van der Waals surface area contributed by atoms with Gasteiger partial charge in [0.2, 0.25) is 0 Å². The van der Waals surface area contributed by atoms with E-state index in [-0.39, 0.29) is 0 Å². The quantitative estimate of drug-likeness (QED) is 0.713. The highest BCUT2D eigenvalue weighted by atomic mass is 15.3. The molecule has 0 aromatic carbocycles. The van der Waals surface area contributed by atoms with Gasteiger partial charge in [0.15, 0.2) is 0 Å². The fourth-order valence-corrected chi connectivity index (χ4v) is 1.18. The van der Waals surface area contributed by atoms with Gasteiger partial charge in [-0.3, -0.25) is 0 Å². The van der Waals surface area contributed by atoms with Crippen molar-refractivity contribution >= 4 is 11.5 Å². The zero-order valence-corrected chi connectivity index (χ0v) is 7.89. The number of anilines is 2. The van der Waals surface area contributed by atoms with Gasteiger partial charge in [-0.15, -0.1) is 0 Å². The van der Waals surface area contributed by atoms with E-state index in [0.717, 1.165) is 30.3 Å². The molecule has 0 spiro atoms. The fourth-order valence-electron chi connectivity index (χ4n) is 1.18. The van der Waals surface area contributed by atoms with Crippen molar-refractivity contribution in [2.45, 2.75) is 27.3 Å². The standard InChI is InChI=1S/C8H16N4/c1-4-10-8-7(9)6(3)11-12(8)5-2/h10H,4-5,9H2,1-3H3. The lowest BCUT2D eigenvalue weighted by atomic mass is 10.4. The maximum Gasteiger partial charge on any atom is 0.148 e. The zero-order valence-electron chi connectivity index (χ0n) is 7.89. The van der Waals surface area contributed by atoms with E-state index in [2.05, 4.69) is 10.4 Å². The summed E-state index contributed by atoms with van der Waals surface area (Å²) in [6, 6.07) is 0. The normalized spacial score (nSPS) is 10.2. The van der Waals surface area contributed by atoms with E-state index in [1.54, 1.807) is 0 Å². The number of nitrogens with one attached hydrogen (secondary N) is 1. The lowest BCUT2D eigenvalue weighted by Gasteiger charge is -2.05. The summed E-state index contributed by atoms with van der Waals surface area (Å²) in [6.45, 7) is 7.73. The highest BCUT2D eigenvalue weighted by Gasteiger charge is 2.09. The lowest BCUT2D eigenvalue weighted by molar-refractivity contribution is 0.658. The molecular weight excluding hydrogens is 152 g/mol. The largest absolute Gasteiger partial charge is 0.394 e. The Hall–Kier alpha value is -1.19. The lowest BCUT2D eigenvalue weighted by Crippen LogP contribution is -2.07. The van der Waals surface area contributed by atoms with Gasteiger partial charge >= 0.3 is 0 Å². The van der Waals surface area contributed by atoms with E-state index in [4.69, 9.17) is 5.73 Å². The Bertz CT molecular complexity index is 264. The molecule has 0 unspecified atom stereocenters. The Labute approximate surface area is 72.8 Å². The maximum absolute atomic E-state index is 5.82. The Morgan fingerprint density at radius 2 is 2.17 bits per heavy atom. The van der Waals surface area contributed by atoms with E-state index in [9.17, 15) is 0 Å². The van der Waals surface area contributed by atoms with Crippen molar-refractivity contribution in [2.75, 3.05) is 17.6 Å². The third-order valence-electron chi connectivity index (χ3n) is 1.82. The van der Waals surface area contributed by atoms with Gasteiger partial charge in [0.05, 0.1) is 11.4 Å². The molecule has 0 aliphatic rings. The fraction of sp³-hybridized carbons (Fsp3) is 0.625. The van der Waals surface area contributed by atoms with Crippen LogP contribution in [0, 0.1) is 6.92 Å². The number of nitrogens with two attached hydrogens (primary N) is 1. The molecule has 4 nitrogen and oxygen atoms in total. The molecule has 0 aliphatic heterocycles. The summed E-state index contributed by atoms with van der Waals surface area (Å²) in [5, 5.41) is 7.47. The van der Waals surface area contributed by atoms with Crippen LogP contribution in [-0.2, 0) is 6.54 Å². The molecular formula is C8H16N4. The number of rotatable bonds is 3. The molecule has 3 N–H and O–H groups in total. The third kappa shape index (κ3) is 1.37. The molecule has 0 amide bonds. The van der Waals surface area contributed by atoms with Gasteiger partial charge in [-0.05, 0) is 20.8 Å². The van der Waals surface area contributed by atoms with Gasteiger partial charge in [0.1, 0.15) is 5.82 Å². The van der Waals surface area contributed by atoms with Crippen LogP contribution in [0.2, 0.25) is 0 Å². The summed E-state index contributed by atoms with van der Waals surface area (Å²) in [7, 11) is 0. The summed E-state index contributed by atoms with van der Waals surface area (Å²) >= 11 is 0. The van der Waals surface area contributed by atoms with E-state index in [1.165, 1.54) is 0 Å². The number of hydrogen-bond acceptors (Lipinski definition) is 3.